The minimum Gasteiger partial charge on any atom is -0.325 e. The predicted octanol–water partition coefficient (Wildman–Crippen LogP) is 2.76. The Labute approximate surface area is 148 Å². The lowest BCUT2D eigenvalue weighted by Crippen LogP contribution is -2.54. The largest absolute Gasteiger partial charge is 0.325 e. The molecule has 2 N–H and O–H groups in total. The molecule has 0 bridgehead atoms. The van der Waals surface area contributed by atoms with E-state index in [1.165, 1.54) is 0 Å². The third kappa shape index (κ3) is 3.52. The van der Waals surface area contributed by atoms with Crippen LogP contribution in [-0.2, 0) is 9.59 Å². The normalized spacial score (nSPS) is 28.1. The van der Waals surface area contributed by atoms with Crippen LogP contribution in [0.25, 0.3) is 0 Å². The minimum atomic E-state index is -0.870. The maximum atomic E-state index is 13.0. The highest BCUT2D eigenvalue weighted by atomic mass is 16.2. The van der Waals surface area contributed by atoms with Crippen LogP contribution < -0.4 is 10.6 Å². The van der Waals surface area contributed by atoms with Gasteiger partial charge in [0, 0.05) is 5.69 Å². The second kappa shape index (κ2) is 6.17. The summed E-state index contributed by atoms with van der Waals surface area (Å²) >= 11 is 0. The van der Waals surface area contributed by atoms with Crippen LogP contribution in [0.1, 0.15) is 40.0 Å². The molecule has 3 rings (SSSR count). The molecule has 2 fully saturated rings. The first-order valence-electron chi connectivity index (χ1n) is 8.70. The Bertz CT molecular complexity index is 701. The van der Waals surface area contributed by atoms with E-state index in [1.54, 1.807) is 12.1 Å². The lowest BCUT2D eigenvalue weighted by atomic mass is 9.64. The summed E-state index contributed by atoms with van der Waals surface area (Å²) in [5.74, 6) is -0.318. The van der Waals surface area contributed by atoms with Crippen molar-refractivity contribution in [2.45, 2.75) is 45.6 Å². The number of imide groups is 1. The maximum absolute atomic E-state index is 13.0. The number of anilines is 1. The summed E-state index contributed by atoms with van der Waals surface area (Å²) in [6.45, 7) is 6.08. The van der Waals surface area contributed by atoms with Gasteiger partial charge in [0.15, 0.2) is 0 Å². The van der Waals surface area contributed by atoms with E-state index in [0.29, 0.717) is 24.4 Å². The van der Waals surface area contributed by atoms with Crippen molar-refractivity contribution in [1.29, 1.82) is 0 Å². The summed E-state index contributed by atoms with van der Waals surface area (Å²) in [7, 11) is 0. The van der Waals surface area contributed by atoms with E-state index in [1.807, 2.05) is 18.2 Å². The van der Waals surface area contributed by atoms with Gasteiger partial charge in [0.1, 0.15) is 12.1 Å². The first kappa shape index (κ1) is 17.5. The number of carbonyl (C=O) groups excluding carboxylic acids is 3. The van der Waals surface area contributed by atoms with Gasteiger partial charge in [-0.2, -0.15) is 0 Å². The molecule has 1 aliphatic heterocycles. The zero-order valence-electron chi connectivity index (χ0n) is 15.0. The topological polar surface area (TPSA) is 78.5 Å². The van der Waals surface area contributed by atoms with E-state index >= 15 is 0 Å². The number of benzene rings is 1. The minimum absolute atomic E-state index is 0.0249. The number of hydrogen-bond acceptors (Lipinski definition) is 3. The highest BCUT2D eigenvalue weighted by molar-refractivity contribution is 6.10. The molecule has 2 aliphatic rings. The van der Waals surface area contributed by atoms with E-state index in [-0.39, 0.29) is 23.8 Å². The van der Waals surface area contributed by atoms with Crippen molar-refractivity contribution in [3.63, 3.8) is 0 Å². The quantitative estimate of drug-likeness (QED) is 0.828. The molecule has 1 saturated heterocycles. The SMILES string of the molecule is C[C@@H]1CC(C)(C)C[C@]2(C1)NC(=O)N(CC(=O)Nc1ccccc1)C2=O. The van der Waals surface area contributed by atoms with Gasteiger partial charge in [-0.25, -0.2) is 4.79 Å². The Hall–Kier alpha value is -2.37. The second-order valence-corrected chi connectivity index (χ2v) is 8.17. The Kier molecular flexibility index (Phi) is 4.31. The van der Waals surface area contributed by atoms with Crippen LogP contribution in [0.3, 0.4) is 0 Å². The number of carbonyl (C=O) groups is 3. The molecule has 0 aromatic heterocycles. The third-order valence-corrected chi connectivity index (χ3v) is 4.98. The smallest absolute Gasteiger partial charge is 0.325 e. The molecule has 0 radical (unpaired) electrons. The van der Waals surface area contributed by atoms with E-state index in [9.17, 15) is 14.4 Å². The number of amides is 4. The van der Waals surface area contributed by atoms with Crippen molar-refractivity contribution >= 4 is 23.5 Å². The van der Waals surface area contributed by atoms with Gasteiger partial charge in [-0.1, -0.05) is 39.0 Å². The van der Waals surface area contributed by atoms with Crippen LogP contribution in [0.15, 0.2) is 30.3 Å². The number of nitrogens with zero attached hydrogens (tertiary/aromatic N) is 1. The highest BCUT2D eigenvalue weighted by Crippen LogP contribution is 2.46. The van der Waals surface area contributed by atoms with Crippen molar-refractivity contribution in [1.82, 2.24) is 10.2 Å². The van der Waals surface area contributed by atoms with Crippen molar-refractivity contribution < 1.29 is 14.4 Å². The number of rotatable bonds is 3. The van der Waals surface area contributed by atoms with Gasteiger partial charge in [0.05, 0.1) is 0 Å². The van der Waals surface area contributed by atoms with Gasteiger partial charge >= 0.3 is 6.03 Å². The zero-order valence-corrected chi connectivity index (χ0v) is 15.0. The molecule has 1 aromatic rings. The van der Waals surface area contributed by atoms with Crippen molar-refractivity contribution in [3.8, 4) is 0 Å². The molecule has 6 nitrogen and oxygen atoms in total. The molecule has 1 spiro atoms. The molecule has 1 heterocycles. The van der Waals surface area contributed by atoms with Gasteiger partial charge in [-0.05, 0) is 42.7 Å². The number of hydrogen-bond donors (Lipinski definition) is 2. The number of para-hydroxylation sites is 1. The van der Waals surface area contributed by atoms with E-state index in [0.717, 1.165) is 11.3 Å². The Balaban J connectivity index is 1.72. The molecule has 25 heavy (non-hydrogen) atoms. The number of nitrogens with one attached hydrogen (secondary N) is 2. The fraction of sp³-hybridized carbons (Fsp3) is 0.526. The summed E-state index contributed by atoms with van der Waals surface area (Å²) in [5.41, 5.74) is -0.254. The van der Waals surface area contributed by atoms with Gasteiger partial charge in [0.25, 0.3) is 5.91 Å². The van der Waals surface area contributed by atoms with Crippen LogP contribution in [-0.4, -0.2) is 34.8 Å². The highest BCUT2D eigenvalue weighted by Gasteiger charge is 2.56. The molecular formula is C19H25N3O3. The summed E-state index contributed by atoms with van der Waals surface area (Å²) in [6, 6.07) is 8.52. The number of urea groups is 1. The molecule has 134 valence electrons. The first-order valence-corrected chi connectivity index (χ1v) is 8.70. The van der Waals surface area contributed by atoms with Gasteiger partial charge < -0.3 is 10.6 Å². The fourth-order valence-corrected chi connectivity index (χ4v) is 4.52. The van der Waals surface area contributed by atoms with Gasteiger partial charge in [-0.3, -0.25) is 14.5 Å². The van der Waals surface area contributed by atoms with Crippen LogP contribution in [0.2, 0.25) is 0 Å². The lowest BCUT2D eigenvalue weighted by Gasteiger charge is -2.43. The zero-order chi connectivity index (χ0) is 18.2. The molecule has 1 saturated carbocycles. The summed E-state index contributed by atoms with van der Waals surface area (Å²) < 4.78 is 0. The summed E-state index contributed by atoms with van der Waals surface area (Å²) in [4.78, 5) is 38.6. The average Bonchev–Trinajstić information content (AvgIpc) is 2.70. The molecular weight excluding hydrogens is 318 g/mol. The average molecular weight is 343 g/mol. The molecule has 2 atom stereocenters. The molecule has 0 unspecified atom stereocenters. The van der Waals surface area contributed by atoms with Crippen molar-refractivity contribution in [2.75, 3.05) is 11.9 Å². The summed E-state index contributed by atoms with van der Waals surface area (Å²) in [5, 5.41) is 5.60. The van der Waals surface area contributed by atoms with Gasteiger partial charge in [0.2, 0.25) is 5.91 Å². The lowest BCUT2D eigenvalue weighted by molar-refractivity contribution is -0.136. The van der Waals surface area contributed by atoms with Crippen molar-refractivity contribution in [3.05, 3.63) is 30.3 Å². The second-order valence-electron chi connectivity index (χ2n) is 8.17. The molecule has 1 aromatic carbocycles. The Morgan fingerprint density at radius 3 is 2.56 bits per heavy atom. The first-order chi connectivity index (χ1) is 11.7. The maximum Gasteiger partial charge on any atom is 0.325 e. The van der Waals surface area contributed by atoms with Crippen molar-refractivity contribution in [2.24, 2.45) is 11.3 Å². The van der Waals surface area contributed by atoms with Gasteiger partial charge in [-0.15, -0.1) is 0 Å². The van der Waals surface area contributed by atoms with Crippen LogP contribution in [0, 0.1) is 11.3 Å². The van der Waals surface area contributed by atoms with E-state index < -0.39 is 11.6 Å². The van der Waals surface area contributed by atoms with Crippen LogP contribution >= 0.6 is 0 Å². The summed E-state index contributed by atoms with van der Waals surface area (Å²) in [6.07, 6.45) is 2.25. The van der Waals surface area contributed by atoms with E-state index in [2.05, 4.69) is 31.4 Å². The standard InChI is InChI=1S/C19H25N3O3/c1-13-9-18(2,3)12-19(10-13)16(24)22(17(25)21-19)11-15(23)20-14-7-5-4-6-8-14/h4-8,13H,9-12H2,1-3H3,(H,20,23)(H,21,25)/t13-,19+/m1/s1. The monoisotopic (exact) mass is 343 g/mol. The molecule has 4 amide bonds. The van der Waals surface area contributed by atoms with E-state index in [4.69, 9.17) is 0 Å². The Morgan fingerprint density at radius 2 is 1.92 bits per heavy atom. The fourth-order valence-electron chi connectivity index (χ4n) is 4.52. The predicted molar refractivity (Wildman–Crippen MR) is 94.8 cm³/mol. The molecule has 6 heteroatoms. The molecule has 1 aliphatic carbocycles. The Morgan fingerprint density at radius 1 is 1.24 bits per heavy atom. The van der Waals surface area contributed by atoms with Crippen LogP contribution in [0.4, 0.5) is 10.5 Å². The third-order valence-electron chi connectivity index (χ3n) is 4.98. The van der Waals surface area contributed by atoms with Crippen LogP contribution in [0.5, 0.6) is 0 Å².